The first-order valence-electron chi connectivity index (χ1n) is 9.35. The van der Waals surface area contributed by atoms with Crippen LogP contribution in [0.15, 0.2) is 0 Å². The predicted molar refractivity (Wildman–Crippen MR) is 100 cm³/mol. The summed E-state index contributed by atoms with van der Waals surface area (Å²) < 4.78 is 15.5. The smallest absolute Gasteiger partial charge is 0.410 e. The standard InChI is InChI=1S/C19H34N2O6/c1-18(2,3)26-16(23)20-14-9-11-21(17(24)27-19(4,5)6)10-8-13(14)12-15(22)25-7/h13-14H,8-12H2,1-7H3,(H,20,23). The van der Waals surface area contributed by atoms with E-state index < -0.39 is 23.4 Å². The van der Waals surface area contributed by atoms with Crippen molar-refractivity contribution in [3.63, 3.8) is 0 Å². The van der Waals surface area contributed by atoms with Gasteiger partial charge in [-0.1, -0.05) is 0 Å². The van der Waals surface area contributed by atoms with Crippen molar-refractivity contribution in [1.29, 1.82) is 0 Å². The molecule has 0 aromatic heterocycles. The summed E-state index contributed by atoms with van der Waals surface area (Å²) in [5.74, 6) is -0.501. The molecule has 0 bridgehead atoms. The first-order chi connectivity index (χ1) is 12.3. The molecule has 1 aliphatic heterocycles. The van der Waals surface area contributed by atoms with Gasteiger partial charge in [0.2, 0.25) is 0 Å². The van der Waals surface area contributed by atoms with Crippen LogP contribution in [0.2, 0.25) is 0 Å². The molecular weight excluding hydrogens is 352 g/mol. The van der Waals surface area contributed by atoms with Gasteiger partial charge in [0.15, 0.2) is 0 Å². The average Bonchev–Trinajstić information content (AvgIpc) is 2.66. The Morgan fingerprint density at radius 1 is 0.963 bits per heavy atom. The predicted octanol–water partition coefficient (Wildman–Crippen LogP) is 3.09. The molecule has 0 aromatic carbocycles. The molecule has 0 spiro atoms. The van der Waals surface area contributed by atoms with Gasteiger partial charge in [0.05, 0.1) is 13.5 Å². The zero-order chi connectivity index (χ0) is 20.8. The molecule has 0 saturated carbocycles. The van der Waals surface area contributed by atoms with Crippen molar-refractivity contribution in [2.75, 3.05) is 20.2 Å². The first-order valence-corrected chi connectivity index (χ1v) is 9.35. The van der Waals surface area contributed by atoms with E-state index in [2.05, 4.69) is 5.32 Å². The number of carbonyl (C=O) groups excluding carboxylic acids is 3. The molecule has 1 saturated heterocycles. The minimum absolute atomic E-state index is 0.155. The van der Waals surface area contributed by atoms with Crippen molar-refractivity contribution in [1.82, 2.24) is 10.2 Å². The summed E-state index contributed by atoms with van der Waals surface area (Å²) in [5.41, 5.74) is -1.20. The molecule has 1 rings (SSSR count). The highest BCUT2D eigenvalue weighted by atomic mass is 16.6. The molecule has 0 aromatic rings. The largest absolute Gasteiger partial charge is 0.469 e. The van der Waals surface area contributed by atoms with Crippen molar-refractivity contribution in [2.24, 2.45) is 5.92 Å². The number of methoxy groups -OCH3 is 1. The Morgan fingerprint density at radius 3 is 2.04 bits per heavy atom. The van der Waals surface area contributed by atoms with Crippen molar-refractivity contribution in [3.8, 4) is 0 Å². The van der Waals surface area contributed by atoms with Crippen molar-refractivity contribution >= 4 is 18.2 Å². The highest BCUT2D eigenvalue weighted by molar-refractivity contribution is 5.71. The Balaban J connectivity index is 2.83. The lowest BCUT2D eigenvalue weighted by Gasteiger charge is -2.27. The number of likely N-dealkylation sites (tertiary alicyclic amines) is 1. The van der Waals surface area contributed by atoms with Gasteiger partial charge >= 0.3 is 18.2 Å². The fraction of sp³-hybridized carbons (Fsp3) is 0.842. The van der Waals surface area contributed by atoms with E-state index in [0.717, 1.165) is 0 Å². The SMILES string of the molecule is COC(=O)CC1CCN(C(=O)OC(C)(C)C)CCC1NC(=O)OC(C)(C)C. The van der Waals surface area contributed by atoms with Crippen LogP contribution in [0.3, 0.4) is 0 Å². The number of nitrogens with zero attached hydrogens (tertiary/aromatic N) is 1. The van der Waals surface area contributed by atoms with E-state index >= 15 is 0 Å². The first kappa shape index (κ1) is 23.0. The van der Waals surface area contributed by atoms with Gasteiger partial charge in [-0.2, -0.15) is 0 Å². The van der Waals surface area contributed by atoms with Crippen molar-refractivity contribution in [3.05, 3.63) is 0 Å². The van der Waals surface area contributed by atoms with E-state index in [1.165, 1.54) is 7.11 Å². The molecule has 0 radical (unpaired) electrons. The maximum absolute atomic E-state index is 12.4. The molecule has 8 heteroatoms. The lowest BCUT2D eigenvalue weighted by atomic mass is 9.91. The molecule has 8 nitrogen and oxygen atoms in total. The number of ether oxygens (including phenoxy) is 3. The van der Waals surface area contributed by atoms with Crippen LogP contribution in [0.25, 0.3) is 0 Å². The Morgan fingerprint density at radius 2 is 1.52 bits per heavy atom. The Hall–Kier alpha value is -1.99. The van der Waals surface area contributed by atoms with Gasteiger partial charge in [-0.3, -0.25) is 4.79 Å². The van der Waals surface area contributed by atoms with E-state index in [-0.39, 0.29) is 24.3 Å². The maximum Gasteiger partial charge on any atom is 0.410 e. The summed E-state index contributed by atoms with van der Waals surface area (Å²) >= 11 is 0. The van der Waals surface area contributed by atoms with E-state index in [0.29, 0.717) is 25.9 Å². The third kappa shape index (κ3) is 8.97. The minimum Gasteiger partial charge on any atom is -0.469 e. The highest BCUT2D eigenvalue weighted by Gasteiger charge is 2.33. The van der Waals surface area contributed by atoms with Crippen LogP contribution in [-0.2, 0) is 19.0 Å². The molecule has 156 valence electrons. The quantitative estimate of drug-likeness (QED) is 0.592. The van der Waals surface area contributed by atoms with Crippen LogP contribution in [0, 0.1) is 5.92 Å². The highest BCUT2D eigenvalue weighted by Crippen LogP contribution is 2.24. The van der Waals surface area contributed by atoms with Gasteiger partial charge in [-0.15, -0.1) is 0 Å². The van der Waals surface area contributed by atoms with Crippen molar-refractivity contribution in [2.45, 2.75) is 78.0 Å². The Labute approximate surface area is 161 Å². The second-order valence-electron chi connectivity index (χ2n) is 8.84. The third-order valence-electron chi connectivity index (χ3n) is 4.06. The number of rotatable bonds is 3. The molecule has 27 heavy (non-hydrogen) atoms. The van der Waals surface area contributed by atoms with Crippen LogP contribution in [0.1, 0.15) is 60.8 Å². The fourth-order valence-corrected chi connectivity index (χ4v) is 2.87. The molecule has 1 heterocycles. The van der Waals surface area contributed by atoms with Gasteiger partial charge in [0.25, 0.3) is 0 Å². The van der Waals surface area contributed by atoms with E-state index in [4.69, 9.17) is 14.2 Å². The zero-order valence-corrected chi connectivity index (χ0v) is 17.6. The third-order valence-corrected chi connectivity index (χ3v) is 4.06. The lowest BCUT2D eigenvalue weighted by Crippen LogP contribution is -2.44. The van der Waals surface area contributed by atoms with E-state index in [1.54, 1.807) is 25.7 Å². The van der Waals surface area contributed by atoms with Gasteiger partial charge in [-0.25, -0.2) is 9.59 Å². The topological polar surface area (TPSA) is 94.2 Å². The number of alkyl carbamates (subject to hydrolysis) is 1. The Kier molecular flexibility index (Phi) is 7.92. The van der Waals surface area contributed by atoms with Gasteiger partial charge in [0, 0.05) is 19.1 Å². The summed E-state index contributed by atoms with van der Waals surface area (Å²) in [7, 11) is 1.34. The number of nitrogens with one attached hydrogen (secondary N) is 1. The number of amides is 2. The summed E-state index contributed by atoms with van der Waals surface area (Å²) in [6.07, 6.45) is 0.291. The monoisotopic (exact) mass is 386 g/mol. The molecule has 1 aliphatic rings. The summed E-state index contributed by atoms with van der Waals surface area (Å²) in [6, 6.07) is -0.300. The normalized spacial score (nSPS) is 21.1. The average molecular weight is 386 g/mol. The number of carbonyl (C=O) groups is 3. The molecule has 2 unspecified atom stereocenters. The van der Waals surface area contributed by atoms with Gasteiger partial charge in [0.1, 0.15) is 11.2 Å². The number of esters is 1. The second-order valence-corrected chi connectivity index (χ2v) is 8.84. The number of hydrogen-bond donors (Lipinski definition) is 1. The zero-order valence-electron chi connectivity index (χ0n) is 17.6. The maximum atomic E-state index is 12.4. The fourth-order valence-electron chi connectivity index (χ4n) is 2.87. The van der Waals surface area contributed by atoms with Gasteiger partial charge < -0.3 is 24.4 Å². The van der Waals surface area contributed by atoms with Crippen LogP contribution in [-0.4, -0.2) is 60.5 Å². The molecule has 2 amide bonds. The van der Waals surface area contributed by atoms with Crippen molar-refractivity contribution < 1.29 is 28.6 Å². The molecule has 1 N–H and O–H groups in total. The molecule has 1 fully saturated rings. The lowest BCUT2D eigenvalue weighted by molar-refractivity contribution is -0.142. The number of hydrogen-bond acceptors (Lipinski definition) is 6. The minimum atomic E-state index is -0.616. The molecular formula is C19H34N2O6. The van der Waals surface area contributed by atoms with Gasteiger partial charge in [-0.05, 0) is 60.3 Å². The van der Waals surface area contributed by atoms with E-state index in [9.17, 15) is 14.4 Å². The van der Waals surface area contributed by atoms with Crippen LogP contribution in [0.5, 0.6) is 0 Å². The molecule has 0 aliphatic carbocycles. The van der Waals surface area contributed by atoms with Crippen LogP contribution < -0.4 is 5.32 Å². The van der Waals surface area contributed by atoms with Crippen LogP contribution in [0.4, 0.5) is 9.59 Å². The summed E-state index contributed by atoms with van der Waals surface area (Å²) in [6.45, 7) is 11.7. The Bertz CT molecular complexity index is 535. The summed E-state index contributed by atoms with van der Waals surface area (Å²) in [4.78, 5) is 38.0. The second kappa shape index (κ2) is 9.28. The van der Waals surface area contributed by atoms with Crippen LogP contribution >= 0.6 is 0 Å². The molecule has 2 atom stereocenters. The summed E-state index contributed by atoms with van der Waals surface area (Å²) in [5, 5.41) is 2.85. The van der Waals surface area contributed by atoms with E-state index in [1.807, 2.05) is 20.8 Å².